The van der Waals surface area contributed by atoms with Gasteiger partial charge in [-0.15, -0.1) is 0 Å². The molecule has 1 atom stereocenters. The van der Waals surface area contributed by atoms with Gasteiger partial charge in [0.2, 0.25) is 0 Å². The number of carbonyl (C=O) groups excluding carboxylic acids is 1. The van der Waals surface area contributed by atoms with Gasteiger partial charge in [-0.2, -0.15) is 0 Å². The third-order valence-corrected chi connectivity index (χ3v) is 3.29. The molecular formula is C18H21NO4. The van der Waals surface area contributed by atoms with Crippen molar-refractivity contribution in [3.8, 4) is 17.2 Å². The van der Waals surface area contributed by atoms with Crippen molar-refractivity contribution in [1.82, 2.24) is 5.32 Å². The van der Waals surface area contributed by atoms with E-state index in [0.29, 0.717) is 17.9 Å². The van der Waals surface area contributed by atoms with Crippen molar-refractivity contribution < 1.29 is 19.0 Å². The maximum atomic E-state index is 12.3. The molecule has 0 saturated heterocycles. The molecule has 0 unspecified atom stereocenters. The molecule has 2 rings (SSSR count). The number of hydrogen-bond donors (Lipinski definition) is 1. The molecule has 0 spiro atoms. The van der Waals surface area contributed by atoms with Gasteiger partial charge in [-0.25, -0.2) is 0 Å². The molecule has 1 N–H and O–H groups in total. The first kappa shape index (κ1) is 16.7. The van der Waals surface area contributed by atoms with Gasteiger partial charge >= 0.3 is 0 Å². The Morgan fingerprint density at radius 1 is 1.00 bits per heavy atom. The monoisotopic (exact) mass is 315 g/mol. The van der Waals surface area contributed by atoms with Crippen molar-refractivity contribution in [1.29, 1.82) is 0 Å². The summed E-state index contributed by atoms with van der Waals surface area (Å²) in [6, 6.07) is 14.3. The first-order valence-corrected chi connectivity index (χ1v) is 7.34. The van der Waals surface area contributed by atoms with Crippen LogP contribution in [0.25, 0.3) is 0 Å². The molecule has 23 heavy (non-hydrogen) atoms. The molecule has 0 aliphatic rings. The summed E-state index contributed by atoms with van der Waals surface area (Å²) in [5.74, 6) is 1.86. The minimum Gasteiger partial charge on any atom is -0.497 e. The second kappa shape index (κ2) is 8.08. The van der Waals surface area contributed by atoms with Crippen LogP contribution < -0.4 is 19.5 Å². The summed E-state index contributed by atoms with van der Waals surface area (Å²) in [5, 5.41) is 2.90. The number of nitrogens with one attached hydrogen (secondary N) is 1. The maximum absolute atomic E-state index is 12.3. The first-order chi connectivity index (χ1) is 11.1. The Kier molecular flexibility index (Phi) is 5.86. The third-order valence-electron chi connectivity index (χ3n) is 3.29. The van der Waals surface area contributed by atoms with Crippen LogP contribution in [0.5, 0.6) is 17.2 Å². The molecule has 5 heteroatoms. The summed E-state index contributed by atoms with van der Waals surface area (Å²) < 4.78 is 15.9. The van der Waals surface area contributed by atoms with Gasteiger partial charge in [0, 0.05) is 0 Å². The van der Waals surface area contributed by atoms with Gasteiger partial charge < -0.3 is 19.5 Å². The van der Waals surface area contributed by atoms with E-state index in [-0.39, 0.29) is 11.9 Å². The maximum Gasteiger partial charge on any atom is 0.255 e. The molecular weight excluding hydrogens is 294 g/mol. The van der Waals surface area contributed by atoms with Crippen LogP contribution in [-0.2, 0) is 0 Å². The number of benzene rings is 2. The van der Waals surface area contributed by atoms with E-state index in [9.17, 15) is 4.79 Å². The second-order valence-electron chi connectivity index (χ2n) is 5.06. The molecule has 0 aliphatic carbocycles. The molecule has 0 fully saturated rings. The third kappa shape index (κ3) is 4.64. The van der Waals surface area contributed by atoms with Gasteiger partial charge in [-0.05, 0) is 43.3 Å². The van der Waals surface area contributed by atoms with Gasteiger partial charge in [-0.1, -0.05) is 12.1 Å². The van der Waals surface area contributed by atoms with Gasteiger partial charge in [0.1, 0.15) is 23.9 Å². The fraction of sp³-hybridized carbons (Fsp3) is 0.278. The van der Waals surface area contributed by atoms with E-state index in [2.05, 4.69) is 5.32 Å². The van der Waals surface area contributed by atoms with E-state index in [4.69, 9.17) is 14.2 Å². The van der Waals surface area contributed by atoms with E-state index in [0.717, 1.165) is 11.5 Å². The molecule has 2 aromatic carbocycles. The predicted octanol–water partition coefficient (Wildman–Crippen LogP) is 2.90. The zero-order chi connectivity index (χ0) is 16.7. The van der Waals surface area contributed by atoms with Gasteiger partial charge in [0.15, 0.2) is 0 Å². The van der Waals surface area contributed by atoms with Gasteiger partial charge in [-0.3, -0.25) is 4.79 Å². The Balaban J connectivity index is 1.88. The standard InChI is InChI=1S/C18H21NO4/c1-13(12-23-15-10-8-14(21-2)9-11-15)19-18(20)16-6-4-5-7-17(16)22-3/h4-11,13H,12H2,1-3H3,(H,19,20)/t13-/m1/s1. The molecule has 0 bridgehead atoms. The highest BCUT2D eigenvalue weighted by molar-refractivity contribution is 5.97. The zero-order valence-corrected chi connectivity index (χ0v) is 13.5. The van der Waals surface area contributed by atoms with Crippen LogP contribution in [0.3, 0.4) is 0 Å². The van der Waals surface area contributed by atoms with E-state index in [1.54, 1.807) is 32.4 Å². The minimum absolute atomic E-state index is 0.144. The smallest absolute Gasteiger partial charge is 0.255 e. The average molecular weight is 315 g/mol. The van der Waals surface area contributed by atoms with E-state index < -0.39 is 0 Å². The topological polar surface area (TPSA) is 56.8 Å². The Morgan fingerprint density at radius 2 is 1.65 bits per heavy atom. The lowest BCUT2D eigenvalue weighted by atomic mass is 10.2. The number of para-hydroxylation sites is 1. The number of amides is 1. The highest BCUT2D eigenvalue weighted by Gasteiger charge is 2.14. The molecule has 1 amide bonds. The largest absolute Gasteiger partial charge is 0.497 e. The van der Waals surface area contributed by atoms with Crippen molar-refractivity contribution in [2.24, 2.45) is 0 Å². The van der Waals surface area contributed by atoms with E-state index in [1.165, 1.54) is 0 Å². The van der Waals surface area contributed by atoms with Gasteiger partial charge in [0.25, 0.3) is 5.91 Å². The van der Waals surface area contributed by atoms with Gasteiger partial charge in [0.05, 0.1) is 25.8 Å². The molecule has 0 radical (unpaired) electrons. The number of rotatable bonds is 7. The molecule has 0 aromatic heterocycles. The lowest BCUT2D eigenvalue weighted by Gasteiger charge is -2.16. The van der Waals surface area contributed by atoms with Crippen LogP contribution in [0.4, 0.5) is 0 Å². The summed E-state index contributed by atoms with van der Waals surface area (Å²) in [7, 11) is 3.16. The lowest BCUT2D eigenvalue weighted by molar-refractivity contribution is 0.0923. The average Bonchev–Trinajstić information content (AvgIpc) is 2.60. The van der Waals surface area contributed by atoms with Crippen LogP contribution in [-0.4, -0.2) is 32.8 Å². The zero-order valence-electron chi connectivity index (χ0n) is 13.5. The van der Waals surface area contributed by atoms with Crippen LogP contribution in [0, 0.1) is 0 Å². The Labute approximate surface area is 136 Å². The van der Waals surface area contributed by atoms with Crippen LogP contribution in [0.1, 0.15) is 17.3 Å². The fourth-order valence-corrected chi connectivity index (χ4v) is 2.07. The van der Waals surface area contributed by atoms with E-state index >= 15 is 0 Å². The highest BCUT2D eigenvalue weighted by Crippen LogP contribution is 2.18. The number of ether oxygens (including phenoxy) is 3. The summed E-state index contributed by atoms with van der Waals surface area (Å²) in [6.45, 7) is 2.25. The lowest BCUT2D eigenvalue weighted by Crippen LogP contribution is -2.36. The highest BCUT2D eigenvalue weighted by atomic mass is 16.5. The van der Waals surface area contributed by atoms with Crippen molar-refractivity contribution >= 4 is 5.91 Å². The molecule has 0 aliphatic heterocycles. The minimum atomic E-state index is -0.187. The SMILES string of the molecule is COc1ccc(OC[C@@H](C)NC(=O)c2ccccc2OC)cc1. The number of hydrogen-bond acceptors (Lipinski definition) is 4. The summed E-state index contributed by atoms with van der Waals surface area (Å²) in [5.41, 5.74) is 0.506. The van der Waals surface area contributed by atoms with Crippen molar-refractivity contribution in [2.75, 3.05) is 20.8 Å². The Morgan fingerprint density at radius 3 is 2.30 bits per heavy atom. The Bertz CT molecular complexity index is 640. The normalized spacial score (nSPS) is 11.4. The van der Waals surface area contributed by atoms with Crippen LogP contribution in [0.2, 0.25) is 0 Å². The molecule has 0 saturated carbocycles. The fourth-order valence-electron chi connectivity index (χ4n) is 2.07. The Hall–Kier alpha value is -2.69. The number of methoxy groups -OCH3 is 2. The molecule has 0 heterocycles. The number of carbonyl (C=O) groups is 1. The molecule has 122 valence electrons. The quantitative estimate of drug-likeness (QED) is 0.853. The van der Waals surface area contributed by atoms with E-state index in [1.807, 2.05) is 37.3 Å². The molecule has 5 nitrogen and oxygen atoms in total. The van der Waals surface area contributed by atoms with Crippen LogP contribution in [0.15, 0.2) is 48.5 Å². The summed E-state index contributed by atoms with van der Waals surface area (Å²) >= 11 is 0. The van der Waals surface area contributed by atoms with Crippen molar-refractivity contribution in [3.05, 3.63) is 54.1 Å². The van der Waals surface area contributed by atoms with Crippen molar-refractivity contribution in [3.63, 3.8) is 0 Å². The second-order valence-corrected chi connectivity index (χ2v) is 5.06. The summed E-state index contributed by atoms with van der Waals surface area (Å²) in [4.78, 5) is 12.3. The first-order valence-electron chi connectivity index (χ1n) is 7.34. The van der Waals surface area contributed by atoms with Crippen LogP contribution >= 0.6 is 0 Å². The summed E-state index contributed by atoms with van der Waals surface area (Å²) in [6.07, 6.45) is 0. The predicted molar refractivity (Wildman–Crippen MR) is 88.4 cm³/mol. The van der Waals surface area contributed by atoms with Crippen molar-refractivity contribution in [2.45, 2.75) is 13.0 Å². The molecule has 2 aromatic rings.